The number of Topliss-reactive ketones (excluding diaryl/α,β-unsaturated/α-hetero) is 1. The fraction of sp³-hybridized carbons (Fsp3) is 0.571. The largest absolute Gasteiger partial charge is 0.660 e. The Labute approximate surface area is 191 Å². The third kappa shape index (κ3) is 8.50. The van der Waals surface area contributed by atoms with E-state index >= 15 is 0 Å². The van der Waals surface area contributed by atoms with Gasteiger partial charge in [0, 0.05) is 25.1 Å². The molecule has 1 aliphatic rings. The smallest absolute Gasteiger partial charge is 0.256 e. The molecule has 1 aliphatic heterocycles. The van der Waals surface area contributed by atoms with Crippen molar-refractivity contribution >= 4 is 36.5 Å². The fourth-order valence-corrected chi connectivity index (χ4v) is 3.63. The van der Waals surface area contributed by atoms with Crippen LogP contribution in [0.5, 0.6) is 0 Å². The van der Waals surface area contributed by atoms with Crippen LogP contribution in [0.25, 0.3) is 5.73 Å². The van der Waals surface area contributed by atoms with Crippen LogP contribution in [0.3, 0.4) is 0 Å². The maximum Gasteiger partial charge on any atom is 0.256 e. The quantitative estimate of drug-likeness (QED) is 0.284. The molecule has 0 spiro atoms. The second kappa shape index (κ2) is 14.2. The van der Waals surface area contributed by atoms with E-state index in [0.29, 0.717) is 6.42 Å². The van der Waals surface area contributed by atoms with Gasteiger partial charge in [-0.2, -0.15) is 5.01 Å². The first-order chi connectivity index (χ1) is 13.7. The van der Waals surface area contributed by atoms with E-state index in [1.165, 1.54) is 25.7 Å². The molecule has 0 aliphatic carbocycles. The number of nitrogens with one attached hydrogen (secondary N) is 1. The predicted molar refractivity (Wildman–Crippen MR) is 123 cm³/mol. The van der Waals surface area contributed by atoms with Gasteiger partial charge in [0.05, 0.1) is 17.9 Å². The van der Waals surface area contributed by atoms with Crippen LogP contribution >= 0.6 is 24.8 Å². The summed E-state index contributed by atoms with van der Waals surface area (Å²) in [6.07, 6.45) is 9.36. The zero-order chi connectivity index (χ0) is 19.6. The number of carbonyl (C=O) groups excluding carboxylic acids is 1. The van der Waals surface area contributed by atoms with Gasteiger partial charge in [-0.1, -0.05) is 56.0 Å². The van der Waals surface area contributed by atoms with Crippen LogP contribution < -0.4 is 9.80 Å². The first-order valence-corrected chi connectivity index (χ1v) is 10.4. The van der Waals surface area contributed by atoms with E-state index in [2.05, 4.69) is 15.2 Å². The van der Waals surface area contributed by atoms with Crippen molar-refractivity contribution in [3.05, 3.63) is 47.8 Å². The van der Waals surface area contributed by atoms with Crippen molar-refractivity contribution in [2.24, 2.45) is 0 Å². The molecular weight excluding hydrogens is 425 g/mol. The van der Waals surface area contributed by atoms with E-state index in [1.54, 1.807) is 11.0 Å². The van der Waals surface area contributed by atoms with Gasteiger partial charge in [-0.25, -0.2) is 0 Å². The van der Waals surface area contributed by atoms with E-state index < -0.39 is 0 Å². The summed E-state index contributed by atoms with van der Waals surface area (Å²) in [5.41, 5.74) is 8.24. The molecule has 9 heteroatoms. The van der Waals surface area contributed by atoms with Crippen LogP contribution in [0.1, 0.15) is 55.3 Å². The van der Waals surface area contributed by atoms with Gasteiger partial charge in [0.1, 0.15) is 5.88 Å². The van der Waals surface area contributed by atoms with E-state index in [1.807, 2.05) is 30.3 Å². The zero-order valence-corrected chi connectivity index (χ0v) is 19.0. The van der Waals surface area contributed by atoms with Crippen LogP contribution in [0, 0.1) is 0 Å². The van der Waals surface area contributed by atoms with Gasteiger partial charge >= 0.3 is 0 Å². The van der Waals surface area contributed by atoms with Gasteiger partial charge in [-0.05, 0) is 19.4 Å². The number of hydrogen-bond donors (Lipinski definition) is 0. The standard InChI is InChI=1S/C21H31N5O2.2ClH/c22-21-18-26(23-28-21)25-16-14-24(15-17-25)13-9-4-2-1-3-8-12-20(27)19-10-6-5-7-11-19;;/h5-7,10-11,18H,1-4,8-9,12-17H2,(H-,22,23);2*1H. The Morgan fingerprint density at radius 1 is 0.967 bits per heavy atom. The SMILES string of the molecule is Cl.Cl.[NH-]c1c[n+](N2CCN(CCCCCCCCC(=O)c3ccccc3)CC2)no1. The highest BCUT2D eigenvalue weighted by Gasteiger charge is 2.24. The second-order valence-corrected chi connectivity index (χ2v) is 7.44. The van der Waals surface area contributed by atoms with Crippen molar-refractivity contribution in [2.45, 2.75) is 44.9 Å². The zero-order valence-electron chi connectivity index (χ0n) is 17.4. The number of rotatable bonds is 11. The normalized spacial score (nSPS) is 14.1. The lowest BCUT2D eigenvalue weighted by Crippen LogP contribution is -2.65. The molecule has 0 saturated carbocycles. The summed E-state index contributed by atoms with van der Waals surface area (Å²) in [5.74, 6) is 0.356. The Hall–Kier alpha value is -1.83. The molecule has 3 rings (SSSR count). The Bertz CT molecular complexity index is 721. The highest BCUT2D eigenvalue weighted by Crippen LogP contribution is 2.11. The molecular formula is C21H33Cl2N5O2. The van der Waals surface area contributed by atoms with Gasteiger partial charge in [-0.15, -0.1) is 24.8 Å². The van der Waals surface area contributed by atoms with Crippen molar-refractivity contribution in [2.75, 3.05) is 37.7 Å². The molecule has 1 aromatic carbocycles. The maximum atomic E-state index is 12.0. The molecule has 2 heterocycles. The fourth-order valence-electron chi connectivity index (χ4n) is 3.63. The average Bonchev–Trinajstić information content (AvgIpc) is 3.17. The summed E-state index contributed by atoms with van der Waals surface area (Å²) in [4.78, 5) is 16.2. The van der Waals surface area contributed by atoms with Crippen LogP contribution in [0.2, 0.25) is 0 Å². The predicted octanol–water partition coefficient (Wildman–Crippen LogP) is 4.36. The van der Waals surface area contributed by atoms with Crippen LogP contribution in [-0.4, -0.2) is 48.7 Å². The molecule has 30 heavy (non-hydrogen) atoms. The van der Waals surface area contributed by atoms with Crippen LogP contribution in [-0.2, 0) is 0 Å². The Kier molecular flexibility index (Phi) is 12.4. The van der Waals surface area contributed by atoms with Crippen molar-refractivity contribution < 1.29 is 14.1 Å². The lowest BCUT2D eigenvalue weighted by atomic mass is 10.0. The molecule has 7 nitrogen and oxygen atoms in total. The highest BCUT2D eigenvalue weighted by atomic mass is 35.5. The number of piperazine rings is 1. The average molecular weight is 458 g/mol. The summed E-state index contributed by atoms with van der Waals surface area (Å²) in [6.45, 7) is 5.01. The van der Waals surface area contributed by atoms with Crippen molar-refractivity contribution in [1.82, 2.24) is 10.2 Å². The first-order valence-electron chi connectivity index (χ1n) is 10.4. The van der Waals surface area contributed by atoms with E-state index in [4.69, 9.17) is 10.3 Å². The molecule has 2 aromatic rings. The Balaban J connectivity index is 0.00000225. The summed E-state index contributed by atoms with van der Waals surface area (Å²) in [6, 6.07) is 9.60. The molecule has 0 amide bonds. The van der Waals surface area contributed by atoms with Crippen LogP contribution in [0.4, 0.5) is 5.88 Å². The number of benzene rings is 1. The number of carbonyl (C=O) groups is 1. The topological polar surface area (TPSA) is 77.3 Å². The van der Waals surface area contributed by atoms with E-state index in [0.717, 1.165) is 51.1 Å². The highest BCUT2D eigenvalue weighted by molar-refractivity contribution is 5.95. The molecule has 1 saturated heterocycles. The number of aromatic nitrogens is 2. The van der Waals surface area contributed by atoms with Gasteiger partial charge in [-0.3, -0.25) is 9.69 Å². The maximum absolute atomic E-state index is 12.0. The van der Waals surface area contributed by atoms with Crippen molar-refractivity contribution in [1.29, 1.82) is 0 Å². The lowest BCUT2D eigenvalue weighted by molar-refractivity contribution is -0.759. The molecule has 0 radical (unpaired) electrons. The van der Waals surface area contributed by atoms with Gasteiger partial charge < -0.3 is 10.3 Å². The molecule has 1 aromatic heterocycles. The monoisotopic (exact) mass is 457 g/mol. The minimum atomic E-state index is 0. The minimum absolute atomic E-state index is 0. The van der Waals surface area contributed by atoms with E-state index in [-0.39, 0.29) is 36.5 Å². The van der Waals surface area contributed by atoms with Crippen molar-refractivity contribution in [3.63, 3.8) is 0 Å². The van der Waals surface area contributed by atoms with Gasteiger partial charge in [0.15, 0.2) is 5.78 Å². The van der Waals surface area contributed by atoms with Gasteiger partial charge in [0.2, 0.25) is 5.27 Å². The third-order valence-corrected chi connectivity index (χ3v) is 5.32. The van der Waals surface area contributed by atoms with Gasteiger partial charge in [0.25, 0.3) is 6.20 Å². The summed E-state index contributed by atoms with van der Waals surface area (Å²) in [5, 5.41) is 5.95. The molecule has 1 N–H and O–H groups in total. The number of nitrogens with zero attached hydrogens (tertiary/aromatic N) is 4. The Morgan fingerprint density at radius 2 is 1.60 bits per heavy atom. The molecule has 1 fully saturated rings. The first kappa shape index (κ1) is 26.2. The second-order valence-electron chi connectivity index (χ2n) is 7.44. The van der Waals surface area contributed by atoms with E-state index in [9.17, 15) is 4.79 Å². The molecule has 0 atom stereocenters. The van der Waals surface area contributed by atoms with Crippen LogP contribution in [0.15, 0.2) is 41.1 Å². The lowest BCUT2D eigenvalue weighted by Gasteiger charge is -2.29. The molecule has 0 unspecified atom stereocenters. The number of ketones is 1. The summed E-state index contributed by atoms with van der Waals surface area (Å²) < 4.78 is 4.81. The number of unbranched alkanes of at least 4 members (excludes halogenated alkanes) is 5. The molecule has 168 valence electrons. The number of hydrogen-bond acceptors (Lipinski definition) is 5. The number of halogens is 2. The summed E-state index contributed by atoms with van der Waals surface area (Å²) in [7, 11) is 0. The molecule has 0 bridgehead atoms. The van der Waals surface area contributed by atoms with Crippen molar-refractivity contribution in [3.8, 4) is 0 Å². The third-order valence-electron chi connectivity index (χ3n) is 5.32. The minimum Gasteiger partial charge on any atom is -0.660 e. The summed E-state index contributed by atoms with van der Waals surface area (Å²) >= 11 is 0. The Morgan fingerprint density at radius 3 is 2.23 bits per heavy atom.